The van der Waals surface area contributed by atoms with Crippen LogP contribution >= 0.6 is 0 Å². The van der Waals surface area contributed by atoms with Gasteiger partial charge in [0.05, 0.1) is 16.1 Å². The molecule has 2 aromatic carbocycles. The Bertz CT molecular complexity index is 848. The fourth-order valence-corrected chi connectivity index (χ4v) is 3.15. The molecule has 2 rings (SSSR count). The number of halogens is 1. The molecule has 0 saturated heterocycles. The second-order valence-electron chi connectivity index (χ2n) is 5.26. The summed E-state index contributed by atoms with van der Waals surface area (Å²) in [6, 6.07) is 9.84. The molecule has 0 spiro atoms. The Hall–Kier alpha value is -2.41. The zero-order valence-corrected chi connectivity index (χ0v) is 13.8. The van der Waals surface area contributed by atoms with E-state index < -0.39 is 15.8 Å². The number of anilines is 1. The first-order valence-corrected chi connectivity index (χ1v) is 8.30. The molecular weight excluding hydrogens is 319 g/mol. The number of hydrogen-bond acceptors (Lipinski definition) is 3. The first-order valence-electron chi connectivity index (χ1n) is 6.82. The highest BCUT2D eigenvalue weighted by Gasteiger charge is 2.20. The average molecular weight is 336 g/mol. The summed E-state index contributed by atoms with van der Waals surface area (Å²) in [4.78, 5) is 13.4. The average Bonchev–Trinajstić information content (AvgIpc) is 2.49. The van der Waals surface area contributed by atoms with Crippen LogP contribution in [-0.2, 0) is 10.0 Å². The van der Waals surface area contributed by atoms with Crippen LogP contribution in [0.2, 0.25) is 0 Å². The Labute approximate surface area is 134 Å². The number of hydrogen-bond donors (Lipinski definition) is 1. The Balaban J connectivity index is 2.42. The number of carbonyl (C=O) groups excluding carboxylic acids is 1. The number of benzene rings is 2. The Morgan fingerprint density at radius 1 is 1.13 bits per heavy atom. The maximum absolute atomic E-state index is 13.3. The van der Waals surface area contributed by atoms with Crippen LogP contribution < -0.4 is 4.72 Å². The molecule has 23 heavy (non-hydrogen) atoms. The molecule has 1 amide bonds. The van der Waals surface area contributed by atoms with Gasteiger partial charge in [0.25, 0.3) is 15.9 Å². The Morgan fingerprint density at radius 3 is 2.39 bits per heavy atom. The van der Waals surface area contributed by atoms with Crippen molar-refractivity contribution in [1.29, 1.82) is 0 Å². The number of carbonyl (C=O) groups is 1. The van der Waals surface area contributed by atoms with E-state index in [2.05, 4.69) is 4.72 Å². The molecule has 0 aliphatic heterocycles. The molecule has 0 aliphatic carbocycles. The highest BCUT2D eigenvalue weighted by molar-refractivity contribution is 7.92. The summed E-state index contributed by atoms with van der Waals surface area (Å²) in [5, 5.41) is 0. The van der Waals surface area contributed by atoms with Crippen molar-refractivity contribution in [3.05, 3.63) is 59.4 Å². The van der Waals surface area contributed by atoms with Crippen LogP contribution in [0.15, 0.2) is 47.4 Å². The maximum atomic E-state index is 13.3. The van der Waals surface area contributed by atoms with E-state index in [9.17, 15) is 17.6 Å². The van der Waals surface area contributed by atoms with Gasteiger partial charge < -0.3 is 4.90 Å². The van der Waals surface area contributed by atoms with Gasteiger partial charge in [-0.3, -0.25) is 9.52 Å². The molecule has 0 atom stereocenters. The molecule has 7 heteroatoms. The summed E-state index contributed by atoms with van der Waals surface area (Å²) in [6.07, 6.45) is 0. The normalized spacial score (nSPS) is 11.1. The van der Waals surface area contributed by atoms with Crippen molar-refractivity contribution >= 4 is 21.6 Å². The third-order valence-corrected chi connectivity index (χ3v) is 4.61. The molecule has 0 bridgehead atoms. The van der Waals surface area contributed by atoms with Crippen LogP contribution in [0.3, 0.4) is 0 Å². The molecule has 0 saturated carbocycles. The zero-order valence-electron chi connectivity index (χ0n) is 13.0. The van der Waals surface area contributed by atoms with Gasteiger partial charge in [0.15, 0.2) is 0 Å². The van der Waals surface area contributed by atoms with Gasteiger partial charge in [-0.1, -0.05) is 12.1 Å². The molecule has 0 unspecified atom stereocenters. The standard InChI is InChI=1S/C16H17FN2O3S/c1-11-10-12(8-9-14(11)17)23(21,22)18-15-7-5-4-6-13(15)16(20)19(2)3/h4-10,18H,1-3H3. The van der Waals surface area contributed by atoms with Crippen molar-refractivity contribution in [3.8, 4) is 0 Å². The largest absolute Gasteiger partial charge is 0.345 e. The van der Waals surface area contributed by atoms with Crippen molar-refractivity contribution < 1.29 is 17.6 Å². The highest BCUT2D eigenvalue weighted by Crippen LogP contribution is 2.22. The maximum Gasteiger partial charge on any atom is 0.261 e. The predicted molar refractivity (Wildman–Crippen MR) is 86.4 cm³/mol. The van der Waals surface area contributed by atoms with Crippen molar-refractivity contribution in [2.24, 2.45) is 0 Å². The fraction of sp³-hybridized carbons (Fsp3) is 0.188. The number of nitrogens with zero attached hydrogens (tertiary/aromatic N) is 1. The van der Waals surface area contributed by atoms with E-state index in [-0.39, 0.29) is 27.6 Å². The fourth-order valence-electron chi connectivity index (χ4n) is 1.99. The lowest BCUT2D eigenvalue weighted by Gasteiger charge is -2.15. The van der Waals surface area contributed by atoms with Crippen molar-refractivity contribution in [2.75, 3.05) is 18.8 Å². The summed E-state index contributed by atoms with van der Waals surface area (Å²) < 4.78 is 40.6. The summed E-state index contributed by atoms with van der Waals surface area (Å²) in [6.45, 7) is 1.48. The molecular formula is C16H17FN2O3S. The summed E-state index contributed by atoms with van der Waals surface area (Å²) in [5.74, 6) is -0.800. The minimum Gasteiger partial charge on any atom is -0.345 e. The molecule has 0 heterocycles. The lowest BCUT2D eigenvalue weighted by Crippen LogP contribution is -2.24. The van der Waals surface area contributed by atoms with Crippen LogP contribution in [0, 0.1) is 12.7 Å². The third kappa shape index (κ3) is 3.68. The van der Waals surface area contributed by atoms with Gasteiger partial charge in [-0.2, -0.15) is 0 Å². The number of para-hydroxylation sites is 1. The van der Waals surface area contributed by atoms with E-state index in [1.54, 1.807) is 26.2 Å². The summed E-state index contributed by atoms with van der Waals surface area (Å²) >= 11 is 0. The minimum absolute atomic E-state index is 0.0662. The van der Waals surface area contributed by atoms with Gasteiger partial charge in [-0.25, -0.2) is 12.8 Å². The van der Waals surface area contributed by atoms with Crippen LogP contribution in [0.5, 0.6) is 0 Å². The van der Waals surface area contributed by atoms with Crippen molar-refractivity contribution in [2.45, 2.75) is 11.8 Å². The van der Waals surface area contributed by atoms with Crippen LogP contribution in [0.4, 0.5) is 10.1 Å². The van der Waals surface area contributed by atoms with Crippen LogP contribution in [0.25, 0.3) is 0 Å². The molecule has 0 radical (unpaired) electrons. The molecule has 2 aromatic rings. The highest BCUT2D eigenvalue weighted by atomic mass is 32.2. The second-order valence-corrected chi connectivity index (χ2v) is 6.94. The van der Waals surface area contributed by atoms with Gasteiger partial charge >= 0.3 is 0 Å². The lowest BCUT2D eigenvalue weighted by atomic mass is 10.1. The van der Waals surface area contributed by atoms with Crippen molar-refractivity contribution in [1.82, 2.24) is 4.90 Å². The second kappa shape index (κ2) is 6.37. The summed E-state index contributed by atoms with van der Waals surface area (Å²) in [7, 11) is -0.761. The van der Waals surface area contributed by atoms with Gasteiger partial charge in [0.1, 0.15) is 5.82 Å². The van der Waals surface area contributed by atoms with E-state index in [4.69, 9.17) is 0 Å². The Morgan fingerprint density at radius 2 is 1.78 bits per heavy atom. The van der Waals surface area contributed by atoms with Gasteiger partial charge in [-0.15, -0.1) is 0 Å². The van der Waals surface area contributed by atoms with Crippen LogP contribution in [0.1, 0.15) is 15.9 Å². The van der Waals surface area contributed by atoms with Gasteiger partial charge in [0.2, 0.25) is 0 Å². The van der Waals surface area contributed by atoms with Gasteiger partial charge in [-0.05, 0) is 42.8 Å². The van der Waals surface area contributed by atoms with E-state index in [1.807, 2.05) is 0 Å². The summed E-state index contributed by atoms with van der Waals surface area (Å²) in [5.41, 5.74) is 0.638. The minimum atomic E-state index is -3.92. The van der Waals surface area contributed by atoms with E-state index >= 15 is 0 Å². The van der Waals surface area contributed by atoms with E-state index in [0.29, 0.717) is 0 Å². The van der Waals surface area contributed by atoms with Crippen molar-refractivity contribution in [3.63, 3.8) is 0 Å². The molecule has 1 N–H and O–H groups in total. The van der Waals surface area contributed by atoms with Crippen LogP contribution in [-0.4, -0.2) is 33.3 Å². The third-order valence-electron chi connectivity index (χ3n) is 3.25. The first kappa shape index (κ1) is 17.0. The zero-order chi connectivity index (χ0) is 17.2. The number of nitrogens with one attached hydrogen (secondary N) is 1. The molecule has 0 aromatic heterocycles. The lowest BCUT2D eigenvalue weighted by molar-refractivity contribution is 0.0828. The number of rotatable bonds is 4. The number of aryl methyl sites for hydroxylation is 1. The predicted octanol–water partition coefficient (Wildman–Crippen LogP) is 2.64. The number of amides is 1. The Kier molecular flexibility index (Phi) is 4.70. The smallest absolute Gasteiger partial charge is 0.261 e. The van der Waals surface area contributed by atoms with Gasteiger partial charge in [0, 0.05) is 14.1 Å². The SMILES string of the molecule is Cc1cc(S(=O)(=O)Nc2ccccc2C(=O)N(C)C)ccc1F. The first-order chi connectivity index (χ1) is 10.7. The molecule has 0 fully saturated rings. The topological polar surface area (TPSA) is 66.5 Å². The van der Waals surface area contributed by atoms with E-state index in [0.717, 1.165) is 6.07 Å². The quantitative estimate of drug-likeness (QED) is 0.933. The molecule has 5 nitrogen and oxygen atoms in total. The number of sulfonamides is 1. The molecule has 0 aliphatic rings. The van der Waals surface area contributed by atoms with E-state index in [1.165, 1.54) is 36.1 Å². The monoisotopic (exact) mass is 336 g/mol. The molecule has 122 valence electrons.